The first-order valence-corrected chi connectivity index (χ1v) is 8.79. The Bertz CT molecular complexity index is 678. The predicted molar refractivity (Wildman–Crippen MR) is 85.5 cm³/mol. The number of carboxylic acid groups (broad SMARTS) is 2. The standard InChI is InChI=1S/C13H18N2O4S.CH2O3/c1-10-6-8-11(9-7-10)14-20(18,19)13-5-3-2-4-12(13)15(16)17;2-1(3)4/h2-5,10-11,14H,6-9H2,1H3;(H2,2,3,4). The van der Waals surface area contributed by atoms with Gasteiger partial charge in [-0.15, -0.1) is 0 Å². The summed E-state index contributed by atoms with van der Waals surface area (Å²) in [5.41, 5.74) is -0.385. The van der Waals surface area contributed by atoms with E-state index in [9.17, 15) is 18.5 Å². The van der Waals surface area contributed by atoms with Gasteiger partial charge in [0.05, 0.1) is 4.92 Å². The molecule has 10 heteroatoms. The summed E-state index contributed by atoms with van der Waals surface area (Å²) in [4.78, 5) is 18.5. The van der Waals surface area contributed by atoms with Gasteiger partial charge in [0.2, 0.25) is 10.0 Å². The first-order chi connectivity index (χ1) is 11.1. The van der Waals surface area contributed by atoms with E-state index >= 15 is 0 Å². The number of nitro benzene ring substituents is 1. The lowest BCUT2D eigenvalue weighted by Gasteiger charge is -2.26. The molecule has 1 aliphatic carbocycles. The molecule has 134 valence electrons. The van der Waals surface area contributed by atoms with E-state index in [-0.39, 0.29) is 16.6 Å². The number of sulfonamides is 1. The quantitative estimate of drug-likeness (QED) is 0.552. The third kappa shape index (κ3) is 6.13. The fourth-order valence-corrected chi connectivity index (χ4v) is 3.97. The fourth-order valence-electron chi connectivity index (χ4n) is 2.50. The van der Waals surface area contributed by atoms with Crippen molar-refractivity contribution >= 4 is 21.9 Å². The van der Waals surface area contributed by atoms with Gasteiger partial charge in [-0.2, -0.15) is 0 Å². The van der Waals surface area contributed by atoms with E-state index in [1.54, 1.807) is 0 Å². The first-order valence-electron chi connectivity index (χ1n) is 7.31. The smallest absolute Gasteiger partial charge is 0.450 e. The van der Waals surface area contributed by atoms with Crippen molar-refractivity contribution in [2.75, 3.05) is 0 Å². The number of rotatable bonds is 4. The van der Waals surface area contributed by atoms with Crippen LogP contribution in [0.3, 0.4) is 0 Å². The molecule has 0 radical (unpaired) electrons. The molecule has 0 saturated heterocycles. The van der Waals surface area contributed by atoms with Gasteiger partial charge >= 0.3 is 6.16 Å². The number of benzene rings is 1. The Labute approximate surface area is 139 Å². The van der Waals surface area contributed by atoms with Crippen molar-refractivity contribution in [3.05, 3.63) is 34.4 Å². The zero-order valence-electron chi connectivity index (χ0n) is 13.1. The molecule has 1 aromatic rings. The lowest BCUT2D eigenvalue weighted by atomic mass is 9.88. The number of nitro groups is 1. The fraction of sp³-hybridized carbons (Fsp3) is 0.500. The minimum absolute atomic E-state index is 0.129. The molecular formula is C14H20N2O7S. The summed E-state index contributed by atoms with van der Waals surface area (Å²) < 4.78 is 27.2. The van der Waals surface area contributed by atoms with Crippen LogP contribution >= 0.6 is 0 Å². The average Bonchev–Trinajstić information content (AvgIpc) is 2.49. The van der Waals surface area contributed by atoms with Crippen LogP contribution in [0.15, 0.2) is 29.2 Å². The second kappa shape index (κ2) is 8.60. The summed E-state index contributed by atoms with van der Waals surface area (Å²) in [6, 6.07) is 5.30. The molecule has 0 atom stereocenters. The van der Waals surface area contributed by atoms with Crippen LogP contribution in [0, 0.1) is 16.0 Å². The average molecular weight is 360 g/mol. The summed E-state index contributed by atoms with van der Waals surface area (Å²) in [7, 11) is -3.84. The van der Waals surface area contributed by atoms with E-state index in [0.29, 0.717) is 5.92 Å². The van der Waals surface area contributed by atoms with Gasteiger partial charge in [0.15, 0.2) is 4.90 Å². The van der Waals surface area contributed by atoms with Crippen molar-refractivity contribution in [1.29, 1.82) is 0 Å². The van der Waals surface area contributed by atoms with Gasteiger partial charge in [0, 0.05) is 12.1 Å². The Morgan fingerprint density at radius 2 is 1.71 bits per heavy atom. The maximum atomic E-state index is 12.3. The maximum absolute atomic E-state index is 12.3. The van der Waals surface area contributed by atoms with Gasteiger partial charge in [-0.05, 0) is 37.7 Å². The molecular weight excluding hydrogens is 340 g/mol. The monoisotopic (exact) mass is 360 g/mol. The maximum Gasteiger partial charge on any atom is 0.503 e. The molecule has 0 aliphatic heterocycles. The normalized spacial score (nSPS) is 20.5. The highest BCUT2D eigenvalue weighted by Gasteiger charge is 2.29. The third-order valence-electron chi connectivity index (χ3n) is 3.69. The second-order valence-electron chi connectivity index (χ2n) is 5.59. The van der Waals surface area contributed by atoms with Crippen LogP contribution < -0.4 is 4.72 Å². The topological polar surface area (TPSA) is 147 Å². The molecule has 3 N–H and O–H groups in total. The Balaban J connectivity index is 0.000000648. The van der Waals surface area contributed by atoms with Crippen molar-refractivity contribution in [2.45, 2.75) is 43.5 Å². The first kappa shape index (κ1) is 19.8. The minimum atomic E-state index is -3.84. The number of para-hydroxylation sites is 1. The van der Waals surface area contributed by atoms with Crippen LogP contribution in [-0.4, -0.2) is 35.8 Å². The highest BCUT2D eigenvalue weighted by Crippen LogP contribution is 2.27. The molecule has 1 aromatic carbocycles. The zero-order chi connectivity index (χ0) is 18.3. The number of hydrogen-bond acceptors (Lipinski definition) is 5. The molecule has 24 heavy (non-hydrogen) atoms. The summed E-state index contributed by atoms with van der Waals surface area (Å²) in [5.74, 6) is 0.613. The minimum Gasteiger partial charge on any atom is -0.450 e. The lowest BCUT2D eigenvalue weighted by molar-refractivity contribution is -0.387. The van der Waals surface area contributed by atoms with Gasteiger partial charge in [-0.1, -0.05) is 19.1 Å². The van der Waals surface area contributed by atoms with Crippen LogP contribution in [-0.2, 0) is 10.0 Å². The van der Waals surface area contributed by atoms with Crippen molar-refractivity contribution in [3.63, 3.8) is 0 Å². The highest BCUT2D eigenvalue weighted by atomic mass is 32.2. The van der Waals surface area contributed by atoms with Crippen LogP contribution in [0.2, 0.25) is 0 Å². The SMILES string of the molecule is CC1CCC(NS(=O)(=O)c2ccccc2[N+](=O)[O-])CC1.O=C(O)O. The van der Waals surface area contributed by atoms with E-state index in [0.717, 1.165) is 25.7 Å². The molecule has 1 fully saturated rings. The van der Waals surface area contributed by atoms with Crippen molar-refractivity contribution in [3.8, 4) is 0 Å². The molecule has 0 amide bonds. The number of hydrogen-bond donors (Lipinski definition) is 3. The molecule has 2 rings (SSSR count). The summed E-state index contributed by atoms with van der Waals surface area (Å²) in [6.07, 6.45) is 1.68. The summed E-state index contributed by atoms with van der Waals surface area (Å²) >= 11 is 0. The Kier molecular flexibility index (Phi) is 7.11. The molecule has 9 nitrogen and oxygen atoms in total. The van der Waals surface area contributed by atoms with Gasteiger partial charge in [-0.25, -0.2) is 17.9 Å². The number of carbonyl (C=O) groups is 1. The highest BCUT2D eigenvalue weighted by molar-refractivity contribution is 7.89. The molecule has 0 bridgehead atoms. The van der Waals surface area contributed by atoms with Gasteiger partial charge in [-0.3, -0.25) is 10.1 Å². The van der Waals surface area contributed by atoms with Crippen molar-refractivity contribution in [2.24, 2.45) is 5.92 Å². The molecule has 1 aliphatic rings. The van der Waals surface area contributed by atoms with E-state index in [4.69, 9.17) is 15.0 Å². The van der Waals surface area contributed by atoms with Crippen molar-refractivity contribution < 1.29 is 28.3 Å². The Morgan fingerprint density at radius 3 is 2.21 bits per heavy atom. The van der Waals surface area contributed by atoms with Crippen LogP contribution in [0.5, 0.6) is 0 Å². The van der Waals surface area contributed by atoms with Crippen LogP contribution in [0.1, 0.15) is 32.6 Å². The van der Waals surface area contributed by atoms with E-state index in [1.165, 1.54) is 24.3 Å². The number of nitrogens with one attached hydrogen (secondary N) is 1. The zero-order valence-corrected chi connectivity index (χ0v) is 13.9. The molecule has 0 spiro atoms. The molecule has 0 unspecified atom stereocenters. The predicted octanol–water partition coefficient (Wildman–Crippen LogP) is 2.67. The summed E-state index contributed by atoms with van der Waals surface area (Å²) in [5, 5.41) is 24.9. The second-order valence-corrected chi connectivity index (χ2v) is 7.27. The number of nitrogens with zero attached hydrogens (tertiary/aromatic N) is 1. The van der Waals surface area contributed by atoms with Crippen molar-refractivity contribution in [1.82, 2.24) is 4.72 Å². The Morgan fingerprint density at radius 1 is 1.21 bits per heavy atom. The molecule has 1 saturated carbocycles. The lowest BCUT2D eigenvalue weighted by Crippen LogP contribution is -2.37. The van der Waals surface area contributed by atoms with Crippen LogP contribution in [0.25, 0.3) is 0 Å². The largest absolute Gasteiger partial charge is 0.503 e. The summed E-state index contributed by atoms with van der Waals surface area (Å²) in [6.45, 7) is 2.15. The molecule has 0 heterocycles. The van der Waals surface area contributed by atoms with Gasteiger partial charge in [0.25, 0.3) is 5.69 Å². The third-order valence-corrected chi connectivity index (χ3v) is 5.26. The van der Waals surface area contributed by atoms with Crippen LogP contribution in [0.4, 0.5) is 10.5 Å². The van der Waals surface area contributed by atoms with Gasteiger partial charge < -0.3 is 10.2 Å². The van der Waals surface area contributed by atoms with E-state index in [2.05, 4.69) is 11.6 Å². The van der Waals surface area contributed by atoms with E-state index < -0.39 is 21.1 Å². The Hall–Kier alpha value is -2.20. The van der Waals surface area contributed by atoms with E-state index in [1.807, 2.05) is 0 Å². The van der Waals surface area contributed by atoms with Gasteiger partial charge in [0.1, 0.15) is 0 Å². The molecule has 0 aromatic heterocycles.